The summed E-state index contributed by atoms with van der Waals surface area (Å²) in [6.45, 7) is 0.836. The molecule has 1 aromatic rings. The predicted molar refractivity (Wildman–Crippen MR) is 53.6 cm³/mol. The Morgan fingerprint density at radius 3 is 2.43 bits per heavy atom. The number of carboxylic acids is 1. The fourth-order valence-electron chi connectivity index (χ4n) is 1.04. The average Bonchev–Trinajstić information content (AvgIpc) is 2.19. The number of aliphatic hydroxyl groups excluding tert-OH is 1. The first-order valence-corrected chi connectivity index (χ1v) is 4.42. The average molecular weight is 195 g/mol. The van der Waals surface area contributed by atoms with E-state index in [9.17, 15) is 4.79 Å². The molecule has 3 N–H and O–H groups in total. The van der Waals surface area contributed by atoms with Crippen LogP contribution in [0, 0.1) is 0 Å². The molecule has 4 heteroatoms. The van der Waals surface area contributed by atoms with Crippen LogP contribution >= 0.6 is 0 Å². The van der Waals surface area contributed by atoms with Crippen LogP contribution in [0.5, 0.6) is 0 Å². The Hall–Kier alpha value is -1.55. The highest BCUT2D eigenvalue weighted by molar-refractivity contribution is 5.87. The Kier molecular flexibility index (Phi) is 3.94. The van der Waals surface area contributed by atoms with Crippen molar-refractivity contribution in [1.29, 1.82) is 0 Å². The minimum absolute atomic E-state index is 0.153. The first kappa shape index (κ1) is 10.5. The van der Waals surface area contributed by atoms with Gasteiger partial charge >= 0.3 is 5.97 Å². The van der Waals surface area contributed by atoms with Crippen molar-refractivity contribution in [2.24, 2.45) is 0 Å². The second-order valence-electron chi connectivity index (χ2n) is 2.89. The molecule has 0 fully saturated rings. The van der Waals surface area contributed by atoms with E-state index in [4.69, 9.17) is 10.2 Å². The highest BCUT2D eigenvalue weighted by Crippen LogP contribution is 2.09. The molecular weight excluding hydrogens is 182 g/mol. The maximum absolute atomic E-state index is 10.5. The van der Waals surface area contributed by atoms with E-state index < -0.39 is 5.97 Å². The van der Waals surface area contributed by atoms with Gasteiger partial charge in [-0.1, -0.05) is 0 Å². The number of rotatable bonds is 5. The van der Waals surface area contributed by atoms with E-state index in [1.165, 1.54) is 0 Å². The lowest BCUT2D eigenvalue weighted by atomic mass is 10.2. The second kappa shape index (κ2) is 5.24. The Morgan fingerprint density at radius 1 is 1.29 bits per heavy atom. The van der Waals surface area contributed by atoms with Crippen molar-refractivity contribution >= 4 is 11.7 Å². The molecular formula is C10H13NO3. The van der Waals surface area contributed by atoms with Gasteiger partial charge in [0.1, 0.15) is 0 Å². The molecule has 1 aromatic carbocycles. The third-order valence-electron chi connectivity index (χ3n) is 1.80. The number of aliphatic hydroxyl groups is 1. The zero-order valence-electron chi connectivity index (χ0n) is 7.73. The molecule has 0 heterocycles. The number of aromatic carboxylic acids is 1. The molecule has 0 aliphatic heterocycles. The Bertz CT molecular complexity index is 295. The predicted octanol–water partition coefficient (Wildman–Crippen LogP) is 1.18. The van der Waals surface area contributed by atoms with Crippen LogP contribution in [-0.2, 0) is 0 Å². The van der Waals surface area contributed by atoms with E-state index in [0.717, 1.165) is 5.69 Å². The molecule has 0 saturated carbocycles. The quantitative estimate of drug-likeness (QED) is 0.617. The number of carbonyl (C=O) groups is 1. The zero-order valence-corrected chi connectivity index (χ0v) is 7.73. The molecule has 76 valence electrons. The fourth-order valence-corrected chi connectivity index (χ4v) is 1.04. The van der Waals surface area contributed by atoms with Crippen molar-refractivity contribution in [3.63, 3.8) is 0 Å². The van der Waals surface area contributed by atoms with Gasteiger partial charge in [-0.15, -0.1) is 0 Å². The van der Waals surface area contributed by atoms with Crippen LogP contribution in [-0.4, -0.2) is 29.3 Å². The summed E-state index contributed by atoms with van der Waals surface area (Å²) in [5.41, 5.74) is 1.14. The second-order valence-corrected chi connectivity index (χ2v) is 2.89. The maximum Gasteiger partial charge on any atom is 0.335 e. The molecule has 0 unspecified atom stereocenters. The summed E-state index contributed by atoms with van der Waals surface area (Å²) in [6, 6.07) is 6.51. The standard InChI is InChI=1S/C10H13NO3/c12-7-1-6-11-9-4-2-8(3-5-9)10(13)14/h2-5,11-12H,1,6-7H2,(H,13,14). The van der Waals surface area contributed by atoms with Gasteiger partial charge in [-0.2, -0.15) is 0 Å². The molecule has 0 bridgehead atoms. The summed E-state index contributed by atoms with van der Waals surface area (Å²) in [5, 5.41) is 20.2. The number of hydrogen-bond donors (Lipinski definition) is 3. The number of hydrogen-bond acceptors (Lipinski definition) is 3. The van der Waals surface area contributed by atoms with Gasteiger partial charge in [-0.3, -0.25) is 0 Å². The van der Waals surface area contributed by atoms with Gasteiger partial charge in [0.2, 0.25) is 0 Å². The summed E-state index contributed by atoms with van der Waals surface area (Å²) < 4.78 is 0. The molecule has 0 aromatic heterocycles. The van der Waals surface area contributed by atoms with E-state index in [1.807, 2.05) is 0 Å². The highest BCUT2D eigenvalue weighted by atomic mass is 16.4. The van der Waals surface area contributed by atoms with E-state index in [-0.39, 0.29) is 12.2 Å². The normalized spacial score (nSPS) is 9.79. The molecule has 0 atom stereocenters. The third kappa shape index (κ3) is 3.06. The summed E-state index contributed by atoms with van der Waals surface area (Å²) in [5.74, 6) is -0.924. The number of carboxylic acid groups (broad SMARTS) is 1. The fraction of sp³-hybridized carbons (Fsp3) is 0.300. The lowest BCUT2D eigenvalue weighted by Gasteiger charge is -2.04. The number of benzene rings is 1. The van der Waals surface area contributed by atoms with E-state index in [2.05, 4.69) is 5.32 Å². The van der Waals surface area contributed by atoms with Crippen molar-refractivity contribution < 1.29 is 15.0 Å². The van der Waals surface area contributed by atoms with Crippen LogP contribution in [0.15, 0.2) is 24.3 Å². The van der Waals surface area contributed by atoms with Gasteiger partial charge in [-0.05, 0) is 30.7 Å². The smallest absolute Gasteiger partial charge is 0.335 e. The molecule has 0 saturated heterocycles. The van der Waals surface area contributed by atoms with Crippen molar-refractivity contribution in [3.05, 3.63) is 29.8 Å². The van der Waals surface area contributed by atoms with Gasteiger partial charge < -0.3 is 15.5 Å². The van der Waals surface area contributed by atoms with Crippen LogP contribution in [0.1, 0.15) is 16.8 Å². The number of anilines is 1. The molecule has 0 spiro atoms. The molecule has 14 heavy (non-hydrogen) atoms. The number of nitrogens with one attached hydrogen (secondary N) is 1. The molecule has 0 aliphatic carbocycles. The summed E-state index contributed by atoms with van der Waals surface area (Å²) in [4.78, 5) is 10.5. The van der Waals surface area contributed by atoms with Crippen molar-refractivity contribution in [2.75, 3.05) is 18.5 Å². The summed E-state index contributed by atoms with van der Waals surface area (Å²) in [6.07, 6.45) is 0.681. The first-order chi connectivity index (χ1) is 6.74. The Labute approximate surface area is 82.2 Å². The van der Waals surface area contributed by atoms with Crippen LogP contribution in [0.25, 0.3) is 0 Å². The van der Waals surface area contributed by atoms with Gasteiger partial charge in [0.25, 0.3) is 0 Å². The minimum atomic E-state index is -0.924. The Morgan fingerprint density at radius 2 is 1.93 bits per heavy atom. The lowest BCUT2D eigenvalue weighted by Crippen LogP contribution is -2.03. The van der Waals surface area contributed by atoms with Gasteiger partial charge in [0, 0.05) is 18.8 Å². The van der Waals surface area contributed by atoms with Crippen LogP contribution in [0.2, 0.25) is 0 Å². The summed E-state index contributed by atoms with van der Waals surface area (Å²) in [7, 11) is 0. The molecule has 0 radical (unpaired) electrons. The van der Waals surface area contributed by atoms with Gasteiger partial charge in [0.05, 0.1) is 5.56 Å². The van der Waals surface area contributed by atoms with Crippen LogP contribution in [0.4, 0.5) is 5.69 Å². The lowest BCUT2D eigenvalue weighted by molar-refractivity contribution is 0.0697. The van der Waals surface area contributed by atoms with E-state index in [1.54, 1.807) is 24.3 Å². The molecule has 4 nitrogen and oxygen atoms in total. The molecule has 1 rings (SSSR count). The van der Waals surface area contributed by atoms with Gasteiger partial charge in [0.15, 0.2) is 0 Å². The monoisotopic (exact) mass is 195 g/mol. The maximum atomic E-state index is 10.5. The molecule has 0 amide bonds. The SMILES string of the molecule is O=C(O)c1ccc(NCCCO)cc1. The largest absolute Gasteiger partial charge is 0.478 e. The first-order valence-electron chi connectivity index (χ1n) is 4.42. The van der Waals surface area contributed by atoms with E-state index >= 15 is 0 Å². The minimum Gasteiger partial charge on any atom is -0.478 e. The van der Waals surface area contributed by atoms with Crippen molar-refractivity contribution in [2.45, 2.75) is 6.42 Å². The van der Waals surface area contributed by atoms with Crippen molar-refractivity contribution in [1.82, 2.24) is 0 Å². The van der Waals surface area contributed by atoms with Crippen LogP contribution < -0.4 is 5.32 Å². The van der Waals surface area contributed by atoms with E-state index in [0.29, 0.717) is 13.0 Å². The van der Waals surface area contributed by atoms with Gasteiger partial charge in [-0.25, -0.2) is 4.79 Å². The molecule has 0 aliphatic rings. The van der Waals surface area contributed by atoms with Crippen molar-refractivity contribution in [3.8, 4) is 0 Å². The topological polar surface area (TPSA) is 69.6 Å². The highest BCUT2D eigenvalue weighted by Gasteiger charge is 2.00. The van der Waals surface area contributed by atoms with Crippen LogP contribution in [0.3, 0.4) is 0 Å². The third-order valence-corrected chi connectivity index (χ3v) is 1.80. The Balaban J connectivity index is 2.51. The summed E-state index contributed by atoms with van der Waals surface area (Å²) >= 11 is 0. The zero-order chi connectivity index (χ0) is 10.4.